The van der Waals surface area contributed by atoms with Crippen LogP contribution in [0.4, 0.5) is 0 Å². The highest BCUT2D eigenvalue weighted by molar-refractivity contribution is 5.29. The highest BCUT2D eigenvalue weighted by Crippen LogP contribution is 2.19. The number of rotatable bonds is 0. The zero-order chi connectivity index (χ0) is 19.0. The second kappa shape index (κ2) is 36.9. The van der Waals surface area contributed by atoms with Gasteiger partial charge in [0.1, 0.15) is 0 Å². The van der Waals surface area contributed by atoms with Crippen LogP contribution in [0.1, 0.15) is 94.2 Å². The van der Waals surface area contributed by atoms with Gasteiger partial charge in [0.25, 0.3) is 0 Å². The van der Waals surface area contributed by atoms with E-state index in [1.807, 2.05) is 83.1 Å². The second-order valence-corrected chi connectivity index (χ2v) is 2.94. The molecule has 1 aromatic rings. The van der Waals surface area contributed by atoms with Crippen molar-refractivity contribution in [1.29, 1.82) is 0 Å². The lowest BCUT2D eigenvalue weighted by atomic mass is 10.1. The number of hydrogen-bond donors (Lipinski definition) is 0. The normalized spacial score (nSPS) is 9.50. The molecule has 0 atom stereocenters. The Morgan fingerprint density at radius 1 is 0.545 bits per heavy atom. The molecule has 0 aromatic heterocycles. The highest BCUT2D eigenvalue weighted by Gasteiger charge is 2.12. The minimum Gasteiger partial charge on any atom is -0.298 e. The molecule has 0 aliphatic carbocycles. The summed E-state index contributed by atoms with van der Waals surface area (Å²) in [6.07, 6.45) is 0. The minimum absolute atomic E-state index is 1.12. The lowest BCUT2D eigenvalue weighted by Crippen LogP contribution is -2.07. The van der Waals surface area contributed by atoms with E-state index in [0.29, 0.717) is 0 Å². The van der Waals surface area contributed by atoms with Crippen LogP contribution >= 0.6 is 0 Å². The van der Waals surface area contributed by atoms with Crippen molar-refractivity contribution < 1.29 is 0 Å². The maximum absolute atomic E-state index is 2.32. The van der Waals surface area contributed by atoms with Gasteiger partial charge in [-0.2, -0.15) is 0 Å². The van der Waals surface area contributed by atoms with E-state index < -0.39 is 0 Å². The third-order valence-electron chi connectivity index (χ3n) is 2.00. The van der Waals surface area contributed by atoms with Gasteiger partial charge < -0.3 is 0 Å². The monoisotopic (exact) mass is 313 g/mol. The first-order valence-corrected chi connectivity index (χ1v) is 9.61. The SMILES string of the molecule is CC.CC.CC.CC.CC.CC.CN1Cc2ccccc2C1. The summed E-state index contributed by atoms with van der Waals surface area (Å²) in [7, 11) is 2.15. The van der Waals surface area contributed by atoms with Gasteiger partial charge in [0.15, 0.2) is 0 Å². The van der Waals surface area contributed by atoms with E-state index in [1.165, 1.54) is 11.1 Å². The van der Waals surface area contributed by atoms with E-state index in [4.69, 9.17) is 0 Å². The van der Waals surface area contributed by atoms with Crippen molar-refractivity contribution in [3.8, 4) is 0 Å². The van der Waals surface area contributed by atoms with Crippen LogP contribution in [0.2, 0.25) is 0 Å². The first-order chi connectivity index (χ1) is 10.9. The largest absolute Gasteiger partial charge is 0.298 e. The molecule has 22 heavy (non-hydrogen) atoms. The lowest BCUT2D eigenvalue weighted by molar-refractivity contribution is 0.353. The molecule has 0 unspecified atom stereocenters. The molecule has 1 nitrogen and oxygen atoms in total. The van der Waals surface area contributed by atoms with E-state index >= 15 is 0 Å². The average molecular weight is 314 g/mol. The molecule has 0 saturated heterocycles. The predicted octanol–water partition coefficient (Wildman–Crippen LogP) is 7.79. The fraction of sp³-hybridized carbons (Fsp3) is 0.714. The fourth-order valence-electron chi connectivity index (χ4n) is 1.50. The van der Waals surface area contributed by atoms with E-state index in [2.05, 4.69) is 36.2 Å². The Morgan fingerprint density at radius 3 is 1.00 bits per heavy atom. The molecular formula is C21H47N. The van der Waals surface area contributed by atoms with Crippen LogP contribution in [0, 0.1) is 0 Å². The summed E-state index contributed by atoms with van der Waals surface area (Å²) < 4.78 is 0. The quantitative estimate of drug-likeness (QED) is 0.472. The second-order valence-electron chi connectivity index (χ2n) is 2.94. The van der Waals surface area contributed by atoms with Gasteiger partial charge in [-0.25, -0.2) is 0 Å². The number of hydrogen-bond acceptors (Lipinski definition) is 1. The smallest absolute Gasteiger partial charge is 0.0237 e. The third kappa shape index (κ3) is 19.2. The number of nitrogens with zero attached hydrogens (tertiary/aromatic N) is 1. The number of benzene rings is 1. The van der Waals surface area contributed by atoms with Crippen molar-refractivity contribution in [3.63, 3.8) is 0 Å². The maximum atomic E-state index is 2.32. The van der Waals surface area contributed by atoms with E-state index in [9.17, 15) is 0 Å². The van der Waals surface area contributed by atoms with E-state index in [-0.39, 0.29) is 0 Å². The van der Waals surface area contributed by atoms with Crippen molar-refractivity contribution in [2.75, 3.05) is 7.05 Å². The van der Waals surface area contributed by atoms with Crippen molar-refractivity contribution in [2.45, 2.75) is 96.2 Å². The topological polar surface area (TPSA) is 3.24 Å². The molecule has 1 aliphatic heterocycles. The Balaban J connectivity index is -0.0000000689. The molecule has 0 saturated carbocycles. The summed E-state index contributed by atoms with van der Waals surface area (Å²) in [6.45, 7) is 26.2. The molecular weight excluding hydrogens is 266 g/mol. The van der Waals surface area contributed by atoms with Crippen molar-refractivity contribution in [2.24, 2.45) is 0 Å². The molecule has 0 amide bonds. The summed E-state index contributed by atoms with van der Waals surface area (Å²) in [5, 5.41) is 0. The first kappa shape index (κ1) is 32.9. The predicted molar refractivity (Wildman–Crippen MR) is 110 cm³/mol. The third-order valence-corrected chi connectivity index (χ3v) is 2.00. The van der Waals surface area contributed by atoms with Gasteiger partial charge in [0.2, 0.25) is 0 Å². The molecule has 1 heterocycles. The summed E-state index contributed by atoms with van der Waals surface area (Å²) in [4.78, 5) is 2.32. The average Bonchev–Trinajstić information content (AvgIpc) is 3.05. The maximum Gasteiger partial charge on any atom is 0.0237 e. The van der Waals surface area contributed by atoms with Crippen LogP contribution < -0.4 is 0 Å². The van der Waals surface area contributed by atoms with Gasteiger partial charge >= 0.3 is 0 Å². The molecule has 0 fully saturated rings. The van der Waals surface area contributed by atoms with Crippen LogP contribution in [0.5, 0.6) is 0 Å². The molecule has 1 heteroatoms. The summed E-state index contributed by atoms with van der Waals surface area (Å²) >= 11 is 0. The van der Waals surface area contributed by atoms with Gasteiger partial charge in [0.05, 0.1) is 0 Å². The molecule has 2 rings (SSSR count). The molecule has 0 spiro atoms. The van der Waals surface area contributed by atoms with Gasteiger partial charge in [0, 0.05) is 13.1 Å². The highest BCUT2D eigenvalue weighted by atomic mass is 15.1. The van der Waals surface area contributed by atoms with E-state index in [0.717, 1.165) is 13.1 Å². The van der Waals surface area contributed by atoms with Crippen molar-refractivity contribution >= 4 is 0 Å². The van der Waals surface area contributed by atoms with Crippen LogP contribution in [-0.4, -0.2) is 11.9 Å². The zero-order valence-corrected chi connectivity index (χ0v) is 18.2. The molecule has 0 radical (unpaired) electrons. The minimum atomic E-state index is 1.12. The van der Waals surface area contributed by atoms with Crippen LogP contribution in [0.15, 0.2) is 24.3 Å². The zero-order valence-electron chi connectivity index (χ0n) is 18.2. The standard InChI is InChI=1S/C9H11N.6C2H6/c1-10-6-8-4-2-3-5-9(8)7-10;6*1-2/h2-5H,6-7H2,1H3;6*1-2H3. The Bertz CT molecular complexity index is 218. The van der Waals surface area contributed by atoms with Gasteiger partial charge in [-0.1, -0.05) is 107 Å². The Labute approximate surface area is 144 Å². The van der Waals surface area contributed by atoms with Crippen LogP contribution in [-0.2, 0) is 13.1 Å². The summed E-state index contributed by atoms with van der Waals surface area (Å²) in [5.74, 6) is 0. The Morgan fingerprint density at radius 2 is 0.773 bits per heavy atom. The Hall–Kier alpha value is -0.820. The van der Waals surface area contributed by atoms with Gasteiger partial charge in [-0.05, 0) is 18.2 Å². The van der Waals surface area contributed by atoms with Crippen LogP contribution in [0.3, 0.4) is 0 Å². The molecule has 0 bridgehead atoms. The lowest BCUT2D eigenvalue weighted by Gasteiger charge is -2.02. The fourth-order valence-corrected chi connectivity index (χ4v) is 1.50. The summed E-state index contributed by atoms with van der Waals surface area (Å²) in [5.41, 5.74) is 2.98. The number of fused-ring (bicyclic) bond motifs is 1. The summed E-state index contributed by atoms with van der Waals surface area (Å²) in [6, 6.07) is 8.63. The van der Waals surface area contributed by atoms with Gasteiger partial charge in [-0.15, -0.1) is 0 Å². The molecule has 136 valence electrons. The van der Waals surface area contributed by atoms with Crippen molar-refractivity contribution in [1.82, 2.24) is 4.90 Å². The van der Waals surface area contributed by atoms with E-state index in [1.54, 1.807) is 0 Å². The molecule has 1 aliphatic rings. The van der Waals surface area contributed by atoms with Gasteiger partial charge in [-0.3, -0.25) is 4.90 Å². The molecule has 1 aromatic carbocycles. The first-order valence-electron chi connectivity index (χ1n) is 9.61. The molecule has 0 N–H and O–H groups in total. The van der Waals surface area contributed by atoms with Crippen molar-refractivity contribution in [3.05, 3.63) is 35.4 Å². The van der Waals surface area contributed by atoms with Crippen LogP contribution in [0.25, 0.3) is 0 Å². The Kier molecular flexibility index (Phi) is 55.3.